The maximum atomic E-state index is 6.44. The Kier molecular flexibility index (Phi) is 4.67. The quantitative estimate of drug-likeness (QED) is 0.700. The number of rotatable bonds is 5. The number of pyridine rings is 1. The molecule has 0 saturated carbocycles. The highest BCUT2D eigenvalue weighted by atomic mass is 16.5. The molecule has 2 aromatic carbocycles. The van der Waals surface area contributed by atoms with E-state index in [1.807, 2.05) is 35.4 Å². The highest BCUT2D eigenvalue weighted by Gasteiger charge is 2.34. The Morgan fingerprint density at radius 1 is 1.13 bits per heavy atom. The van der Waals surface area contributed by atoms with E-state index in [1.54, 1.807) is 6.20 Å². The lowest BCUT2D eigenvalue weighted by Gasteiger charge is -2.27. The Bertz CT molecular complexity index is 1170. The van der Waals surface area contributed by atoms with E-state index in [0.29, 0.717) is 0 Å². The van der Waals surface area contributed by atoms with Gasteiger partial charge in [-0.1, -0.05) is 43.3 Å². The molecule has 3 aromatic rings. The van der Waals surface area contributed by atoms with Gasteiger partial charge in [-0.05, 0) is 49.3 Å². The van der Waals surface area contributed by atoms with Crippen LogP contribution in [0.15, 0.2) is 83.1 Å². The van der Waals surface area contributed by atoms with Crippen LogP contribution in [0.3, 0.4) is 0 Å². The predicted molar refractivity (Wildman–Crippen MR) is 120 cm³/mol. The fourth-order valence-corrected chi connectivity index (χ4v) is 3.74. The number of nitrogens with one attached hydrogen (secondary N) is 1. The number of hydrogen-bond acceptors (Lipinski definition) is 6. The summed E-state index contributed by atoms with van der Waals surface area (Å²) < 4.78 is 6.44. The molecule has 2 unspecified atom stereocenters. The standard InChI is InChI=1S/C24H23N5O/c1-3-21(30-22-13-14-25-20-15-16(2)9-10-18(20)22)24-27-26-23-12-11-19(28-29(23)24)17-7-5-4-6-8-17/h4-15,21,23,26H,3H2,1-2H3. The van der Waals surface area contributed by atoms with Crippen LogP contribution in [0.4, 0.5) is 0 Å². The van der Waals surface area contributed by atoms with Crippen molar-refractivity contribution >= 4 is 22.5 Å². The summed E-state index contributed by atoms with van der Waals surface area (Å²) in [5.41, 5.74) is 7.23. The molecule has 0 spiro atoms. The number of aryl methyl sites for hydroxylation is 1. The number of amidine groups is 1. The lowest BCUT2D eigenvalue weighted by atomic mass is 10.1. The molecule has 2 atom stereocenters. The van der Waals surface area contributed by atoms with Crippen molar-refractivity contribution in [3.8, 4) is 5.75 Å². The Labute approximate surface area is 175 Å². The summed E-state index contributed by atoms with van der Waals surface area (Å²) in [5.74, 6) is 1.58. The summed E-state index contributed by atoms with van der Waals surface area (Å²) in [6.07, 6.45) is 6.32. The van der Waals surface area contributed by atoms with Gasteiger partial charge in [0, 0.05) is 17.1 Å². The van der Waals surface area contributed by atoms with Gasteiger partial charge in [0.1, 0.15) is 5.75 Å². The van der Waals surface area contributed by atoms with E-state index >= 15 is 0 Å². The summed E-state index contributed by atoms with van der Waals surface area (Å²) in [4.78, 5) is 4.48. The smallest absolute Gasteiger partial charge is 0.188 e. The van der Waals surface area contributed by atoms with Crippen molar-refractivity contribution in [3.05, 3.63) is 84.1 Å². The van der Waals surface area contributed by atoms with Crippen LogP contribution in [0.5, 0.6) is 5.75 Å². The molecule has 0 aliphatic carbocycles. The Morgan fingerprint density at radius 3 is 2.83 bits per heavy atom. The lowest BCUT2D eigenvalue weighted by molar-refractivity contribution is 0.239. The van der Waals surface area contributed by atoms with Crippen LogP contribution in [0.2, 0.25) is 0 Å². The van der Waals surface area contributed by atoms with Gasteiger partial charge in [0.25, 0.3) is 0 Å². The molecule has 1 N–H and O–H groups in total. The second kappa shape index (κ2) is 7.63. The maximum absolute atomic E-state index is 6.44. The second-order valence-corrected chi connectivity index (χ2v) is 7.44. The summed E-state index contributed by atoms with van der Waals surface area (Å²) in [6.45, 7) is 4.16. The first-order chi connectivity index (χ1) is 14.7. The largest absolute Gasteiger partial charge is 0.482 e. The van der Waals surface area contributed by atoms with Gasteiger partial charge in [0.05, 0.1) is 11.2 Å². The van der Waals surface area contributed by atoms with Crippen molar-refractivity contribution in [2.75, 3.05) is 0 Å². The summed E-state index contributed by atoms with van der Waals surface area (Å²) in [5, 5.41) is 12.3. The molecule has 30 heavy (non-hydrogen) atoms. The van der Waals surface area contributed by atoms with Gasteiger partial charge in [-0.3, -0.25) is 10.4 Å². The van der Waals surface area contributed by atoms with Gasteiger partial charge in [0.2, 0.25) is 0 Å². The van der Waals surface area contributed by atoms with Gasteiger partial charge >= 0.3 is 0 Å². The number of hydrogen-bond donors (Lipinski definition) is 1. The van der Waals surface area contributed by atoms with Crippen LogP contribution in [-0.2, 0) is 0 Å². The van der Waals surface area contributed by atoms with E-state index in [2.05, 4.69) is 65.8 Å². The number of fused-ring (bicyclic) bond motifs is 2. The molecule has 150 valence electrons. The van der Waals surface area contributed by atoms with Gasteiger partial charge < -0.3 is 4.74 Å². The van der Waals surface area contributed by atoms with Crippen molar-refractivity contribution in [2.45, 2.75) is 32.5 Å². The fourth-order valence-electron chi connectivity index (χ4n) is 3.74. The Morgan fingerprint density at radius 2 is 2.00 bits per heavy atom. The molecule has 3 heterocycles. The van der Waals surface area contributed by atoms with Gasteiger partial charge in [-0.2, -0.15) is 10.2 Å². The maximum Gasteiger partial charge on any atom is 0.188 e. The molecular weight excluding hydrogens is 374 g/mol. The van der Waals surface area contributed by atoms with Crippen LogP contribution in [-0.4, -0.2) is 33.8 Å². The first-order valence-corrected chi connectivity index (χ1v) is 10.2. The van der Waals surface area contributed by atoms with Crippen LogP contribution >= 0.6 is 0 Å². The number of nitrogens with zero attached hydrogens (tertiary/aromatic N) is 4. The topological polar surface area (TPSA) is 62.1 Å². The molecule has 0 bridgehead atoms. The third kappa shape index (κ3) is 3.30. The molecule has 6 heteroatoms. The van der Waals surface area contributed by atoms with Crippen LogP contribution in [0.25, 0.3) is 10.9 Å². The Balaban J connectivity index is 1.44. The zero-order chi connectivity index (χ0) is 20.5. The number of ether oxygens (including phenoxy) is 1. The van der Waals surface area contributed by atoms with E-state index in [1.165, 1.54) is 5.56 Å². The van der Waals surface area contributed by atoms with Gasteiger partial charge in [-0.15, -0.1) is 0 Å². The number of hydrazone groups is 2. The first kappa shape index (κ1) is 18.4. The van der Waals surface area contributed by atoms with Gasteiger partial charge in [-0.25, -0.2) is 5.01 Å². The van der Waals surface area contributed by atoms with Gasteiger partial charge in [0.15, 0.2) is 18.1 Å². The minimum absolute atomic E-state index is 0.0954. The zero-order valence-corrected chi connectivity index (χ0v) is 17.0. The minimum Gasteiger partial charge on any atom is -0.482 e. The SMILES string of the molecule is CCC(Oc1ccnc2cc(C)ccc12)C1=NNC2C=CC(c3ccccc3)=NN12. The van der Waals surface area contributed by atoms with Crippen molar-refractivity contribution < 1.29 is 4.74 Å². The number of allylic oxidation sites excluding steroid dienone is 1. The van der Waals surface area contributed by atoms with E-state index in [9.17, 15) is 0 Å². The first-order valence-electron chi connectivity index (χ1n) is 10.2. The molecule has 0 saturated heterocycles. The third-order valence-electron chi connectivity index (χ3n) is 5.32. The minimum atomic E-state index is -0.235. The lowest BCUT2D eigenvalue weighted by Crippen LogP contribution is -2.43. The van der Waals surface area contributed by atoms with E-state index in [0.717, 1.165) is 40.2 Å². The van der Waals surface area contributed by atoms with Crippen LogP contribution in [0, 0.1) is 6.92 Å². The summed E-state index contributed by atoms with van der Waals surface area (Å²) in [7, 11) is 0. The molecule has 0 fully saturated rings. The highest BCUT2D eigenvalue weighted by Crippen LogP contribution is 2.28. The third-order valence-corrected chi connectivity index (χ3v) is 5.32. The molecule has 0 amide bonds. The molecule has 6 nitrogen and oxygen atoms in total. The van der Waals surface area contributed by atoms with E-state index in [4.69, 9.17) is 9.84 Å². The van der Waals surface area contributed by atoms with Crippen LogP contribution < -0.4 is 10.2 Å². The molecule has 2 aliphatic heterocycles. The van der Waals surface area contributed by atoms with Crippen molar-refractivity contribution in [1.29, 1.82) is 0 Å². The second-order valence-electron chi connectivity index (χ2n) is 7.44. The van der Waals surface area contributed by atoms with Crippen molar-refractivity contribution in [2.24, 2.45) is 10.2 Å². The average molecular weight is 397 g/mol. The predicted octanol–water partition coefficient (Wildman–Crippen LogP) is 4.22. The monoisotopic (exact) mass is 397 g/mol. The Hall–Kier alpha value is -3.67. The molecular formula is C24H23N5O. The molecule has 1 aromatic heterocycles. The van der Waals surface area contributed by atoms with Crippen molar-refractivity contribution in [1.82, 2.24) is 15.4 Å². The normalized spacial score (nSPS) is 18.5. The zero-order valence-electron chi connectivity index (χ0n) is 17.0. The molecule has 5 rings (SSSR count). The fraction of sp³-hybridized carbons (Fsp3) is 0.208. The molecule has 2 aliphatic rings. The number of benzene rings is 2. The van der Waals surface area contributed by atoms with E-state index in [-0.39, 0.29) is 12.3 Å². The number of aromatic nitrogens is 1. The van der Waals surface area contributed by atoms with E-state index < -0.39 is 0 Å². The summed E-state index contributed by atoms with van der Waals surface area (Å²) in [6, 6.07) is 18.3. The van der Waals surface area contributed by atoms with Crippen molar-refractivity contribution in [3.63, 3.8) is 0 Å². The van der Waals surface area contributed by atoms with Crippen LogP contribution in [0.1, 0.15) is 24.5 Å². The summed E-state index contributed by atoms with van der Waals surface area (Å²) >= 11 is 0. The molecule has 0 radical (unpaired) electrons. The highest BCUT2D eigenvalue weighted by molar-refractivity contribution is 6.10. The average Bonchev–Trinajstić information content (AvgIpc) is 3.21.